The summed E-state index contributed by atoms with van der Waals surface area (Å²) in [6, 6.07) is 7.15. The van der Waals surface area contributed by atoms with Crippen LogP contribution in [0, 0.1) is 11.8 Å². The van der Waals surface area contributed by atoms with Crippen molar-refractivity contribution in [2.24, 2.45) is 0 Å². The summed E-state index contributed by atoms with van der Waals surface area (Å²) in [4.78, 5) is 0. The number of halogens is 1. The normalized spacial score (nSPS) is 13.6. The lowest BCUT2D eigenvalue weighted by Gasteiger charge is -2.15. The van der Waals surface area contributed by atoms with Gasteiger partial charge in [-0.05, 0) is 43.7 Å². The first kappa shape index (κ1) is 11.8. The third-order valence-electron chi connectivity index (χ3n) is 2.13. The smallest absolute Gasteiger partial charge is 0.144 e. The summed E-state index contributed by atoms with van der Waals surface area (Å²) in [6.45, 7) is 7.05. The zero-order valence-corrected chi connectivity index (χ0v) is 9.60. The van der Waals surface area contributed by atoms with E-state index in [1.807, 2.05) is 12.1 Å². The molecule has 0 aromatic heterocycles. The molecule has 1 unspecified atom stereocenters. The molecule has 0 saturated carbocycles. The van der Waals surface area contributed by atoms with E-state index in [-0.39, 0.29) is 0 Å². The minimum absolute atomic E-state index is 0.629. The van der Waals surface area contributed by atoms with Crippen molar-refractivity contribution in [1.82, 2.24) is 0 Å². The van der Waals surface area contributed by atoms with Gasteiger partial charge in [0.1, 0.15) is 5.60 Å². The lowest BCUT2D eigenvalue weighted by atomic mass is 9.99. The van der Waals surface area contributed by atoms with Crippen LogP contribution in [0.15, 0.2) is 36.4 Å². The Hall–Kier alpha value is -1.23. The van der Waals surface area contributed by atoms with Crippen molar-refractivity contribution in [2.45, 2.75) is 19.4 Å². The highest BCUT2D eigenvalue weighted by Crippen LogP contribution is 2.13. The molecule has 1 aromatic rings. The lowest BCUT2D eigenvalue weighted by molar-refractivity contribution is 0.161. The molecule has 15 heavy (non-hydrogen) atoms. The van der Waals surface area contributed by atoms with Gasteiger partial charge in [-0.25, -0.2) is 0 Å². The molecular formula is C13H13ClO. The largest absolute Gasteiger partial charge is 0.374 e. The highest BCUT2D eigenvalue weighted by molar-refractivity contribution is 6.30. The summed E-state index contributed by atoms with van der Waals surface area (Å²) in [5, 5.41) is 10.5. The fourth-order valence-corrected chi connectivity index (χ4v) is 0.960. The molecule has 0 saturated heterocycles. The standard InChI is InChI=1S/C13H13ClO/c1-10(2)13(3,15)9-8-11-4-6-12(14)7-5-11/h4-7,15H,1H2,2-3H3. The Bertz CT molecular complexity index is 418. The Morgan fingerprint density at radius 2 is 1.93 bits per heavy atom. The zero-order chi connectivity index (χ0) is 11.5. The van der Waals surface area contributed by atoms with Crippen molar-refractivity contribution < 1.29 is 5.11 Å². The molecule has 0 radical (unpaired) electrons. The first-order valence-corrected chi connectivity index (χ1v) is 4.97. The van der Waals surface area contributed by atoms with E-state index in [2.05, 4.69) is 18.4 Å². The van der Waals surface area contributed by atoms with Crippen LogP contribution in [-0.2, 0) is 0 Å². The van der Waals surface area contributed by atoms with Crippen molar-refractivity contribution in [1.29, 1.82) is 0 Å². The predicted octanol–water partition coefficient (Wildman–Crippen LogP) is 3.02. The first-order chi connectivity index (χ1) is 6.92. The van der Waals surface area contributed by atoms with Gasteiger partial charge >= 0.3 is 0 Å². The quantitative estimate of drug-likeness (QED) is 0.570. The summed E-state index contributed by atoms with van der Waals surface area (Å²) in [5.41, 5.74) is 0.310. The van der Waals surface area contributed by atoms with Crippen LogP contribution in [0.3, 0.4) is 0 Å². The molecule has 0 amide bonds. The fraction of sp³-hybridized carbons (Fsp3) is 0.231. The van der Waals surface area contributed by atoms with Crippen molar-refractivity contribution in [2.75, 3.05) is 0 Å². The monoisotopic (exact) mass is 220 g/mol. The summed E-state index contributed by atoms with van der Waals surface area (Å²) in [5.74, 6) is 5.63. The van der Waals surface area contributed by atoms with E-state index >= 15 is 0 Å². The van der Waals surface area contributed by atoms with Crippen LogP contribution < -0.4 is 0 Å². The van der Waals surface area contributed by atoms with Gasteiger partial charge in [-0.3, -0.25) is 0 Å². The molecule has 0 aliphatic heterocycles. The molecule has 1 aromatic carbocycles. The van der Waals surface area contributed by atoms with Crippen molar-refractivity contribution >= 4 is 11.6 Å². The summed E-state index contributed by atoms with van der Waals surface area (Å²) >= 11 is 5.74. The molecule has 0 aliphatic carbocycles. The van der Waals surface area contributed by atoms with Gasteiger partial charge in [0.25, 0.3) is 0 Å². The number of hydrogen-bond donors (Lipinski definition) is 1. The van der Waals surface area contributed by atoms with Gasteiger partial charge in [0, 0.05) is 10.6 Å². The molecule has 78 valence electrons. The Morgan fingerprint density at radius 3 is 2.40 bits per heavy atom. The van der Waals surface area contributed by atoms with E-state index in [0.717, 1.165) is 5.56 Å². The highest BCUT2D eigenvalue weighted by atomic mass is 35.5. The predicted molar refractivity (Wildman–Crippen MR) is 63.8 cm³/mol. The van der Waals surface area contributed by atoms with Gasteiger partial charge in [-0.2, -0.15) is 0 Å². The molecule has 2 heteroatoms. The molecule has 0 aliphatic rings. The maximum absolute atomic E-state index is 9.81. The van der Waals surface area contributed by atoms with Gasteiger partial charge in [0.2, 0.25) is 0 Å². The van der Waals surface area contributed by atoms with Crippen molar-refractivity contribution in [3.8, 4) is 11.8 Å². The van der Waals surface area contributed by atoms with Gasteiger partial charge < -0.3 is 5.11 Å². The second kappa shape index (κ2) is 4.53. The van der Waals surface area contributed by atoms with Crippen LogP contribution in [0.4, 0.5) is 0 Å². The number of aliphatic hydroxyl groups is 1. The first-order valence-electron chi connectivity index (χ1n) is 4.59. The summed E-state index contributed by atoms with van der Waals surface area (Å²) in [7, 11) is 0. The number of rotatable bonds is 1. The van der Waals surface area contributed by atoms with Crippen LogP contribution in [0.2, 0.25) is 5.02 Å². The third kappa shape index (κ3) is 3.43. The Labute approximate surface area is 95.4 Å². The maximum Gasteiger partial charge on any atom is 0.144 e. The van der Waals surface area contributed by atoms with E-state index in [4.69, 9.17) is 11.6 Å². The molecule has 0 heterocycles. The molecule has 1 rings (SSSR count). The Morgan fingerprint density at radius 1 is 1.40 bits per heavy atom. The van der Waals surface area contributed by atoms with Gasteiger partial charge in [0.15, 0.2) is 0 Å². The average molecular weight is 221 g/mol. The van der Waals surface area contributed by atoms with Gasteiger partial charge in [-0.1, -0.05) is 30.0 Å². The molecule has 1 atom stereocenters. The number of hydrogen-bond acceptors (Lipinski definition) is 1. The summed E-state index contributed by atoms with van der Waals surface area (Å²) < 4.78 is 0. The van der Waals surface area contributed by atoms with E-state index < -0.39 is 5.60 Å². The molecule has 0 spiro atoms. The zero-order valence-electron chi connectivity index (χ0n) is 8.84. The van der Waals surface area contributed by atoms with Gasteiger partial charge in [-0.15, -0.1) is 0 Å². The van der Waals surface area contributed by atoms with E-state index in [1.165, 1.54) is 0 Å². The highest BCUT2D eigenvalue weighted by Gasteiger charge is 2.16. The second-order valence-corrected chi connectivity index (χ2v) is 4.05. The van der Waals surface area contributed by atoms with Gasteiger partial charge in [0.05, 0.1) is 0 Å². The van der Waals surface area contributed by atoms with Crippen molar-refractivity contribution in [3.05, 3.63) is 47.0 Å². The lowest BCUT2D eigenvalue weighted by Crippen LogP contribution is -2.22. The van der Waals surface area contributed by atoms with E-state index in [9.17, 15) is 5.11 Å². The maximum atomic E-state index is 9.81. The molecular weight excluding hydrogens is 208 g/mol. The Kier molecular flexibility index (Phi) is 3.57. The average Bonchev–Trinajstić information content (AvgIpc) is 2.17. The van der Waals surface area contributed by atoms with E-state index in [1.54, 1.807) is 26.0 Å². The van der Waals surface area contributed by atoms with Crippen LogP contribution in [0.1, 0.15) is 19.4 Å². The number of benzene rings is 1. The molecule has 0 fully saturated rings. The van der Waals surface area contributed by atoms with Crippen molar-refractivity contribution in [3.63, 3.8) is 0 Å². The fourth-order valence-electron chi connectivity index (χ4n) is 0.834. The minimum Gasteiger partial charge on any atom is -0.374 e. The van der Waals surface area contributed by atoms with Crippen LogP contribution in [-0.4, -0.2) is 10.7 Å². The van der Waals surface area contributed by atoms with Crippen LogP contribution in [0.5, 0.6) is 0 Å². The summed E-state index contributed by atoms with van der Waals surface area (Å²) in [6.07, 6.45) is 0. The molecule has 0 bridgehead atoms. The Balaban J connectivity index is 2.91. The minimum atomic E-state index is -1.14. The third-order valence-corrected chi connectivity index (χ3v) is 2.38. The molecule has 1 N–H and O–H groups in total. The van der Waals surface area contributed by atoms with Crippen LogP contribution >= 0.6 is 11.6 Å². The van der Waals surface area contributed by atoms with E-state index in [0.29, 0.717) is 10.6 Å². The van der Waals surface area contributed by atoms with Crippen LogP contribution in [0.25, 0.3) is 0 Å². The SMILES string of the molecule is C=C(C)C(C)(O)C#Cc1ccc(Cl)cc1. The second-order valence-electron chi connectivity index (χ2n) is 3.61. The molecule has 1 nitrogen and oxygen atoms in total. The topological polar surface area (TPSA) is 20.2 Å².